The van der Waals surface area contributed by atoms with E-state index in [0.29, 0.717) is 6.54 Å². The number of carbonyl (C=O) groups is 2. The minimum absolute atomic E-state index is 0.0378. The van der Waals surface area contributed by atoms with Crippen LogP contribution in [-0.2, 0) is 17.9 Å². The molecule has 0 aliphatic carbocycles. The molecule has 1 N–H and O–H groups in total. The molecular weight excluding hydrogens is 358 g/mol. The van der Waals surface area contributed by atoms with E-state index < -0.39 is 0 Å². The van der Waals surface area contributed by atoms with Gasteiger partial charge in [0.25, 0.3) is 0 Å². The molecule has 0 atom stereocenters. The molecule has 1 amide bonds. The fourth-order valence-electron chi connectivity index (χ4n) is 2.91. The average molecular weight is 382 g/mol. The minimum atomic E-state index is -0.101. The molecule has 0 saturated carbocycles. The predicted octanol–water partition coefficient (Wildman–Crippen LogP) is 3.89. The third kappa shape index (κ3) is 5.37. The molecule has 6 heteroatoms. The summed E-state index contributed by atoms with van der Waals surface area (Å²) in [5.41, 5.74) is 2.96. The number of nitrogens with one attached hydrogen (secondary N) is 1. The molecule has 0 spiro atoms. The molecule has 0 saturated heterocycles. The predicted molar refractivity (Wildman–Crippen MR) is 107 cm³/mol. The highest BCUT2D eigenvalue weighted by atomic mass is 32.1. The molecule has 0 bridgehead atoms. The van der Waals surface area contributed by atoms with E-state index in [2.05, 4.69) is 10.3 Å². The van der Waals surface area contributed by atoms with Crippen molar-refractivity contribution in [3.63, 3.8) is 0 Å². The number of aryl methyl sites for hydroxylation is 2. The molecule has 3 rings (SSSR count). The first-order valence-corrected chi connectivity index (χ1v) is 9.73. The highest BCUT2D eigenvalue weighted by molar-refractivity contribution is 7.12. The van der Waals surface area contributed by atoms with Crippen molar-refractivity contribution in [1.82, 2.24) is 14.9 Å². The number of carbonyl (C=O) groups excluding carboxylic acids is 2. The molecule has 0 unspecified atom stereocenters. The number of aromatic nitrogens is 2. The molecule has 0 aliphatic rings. The smallest absolute Gasteiger partial charge is 0.220 e. The minimum Gasteiger partial charge on any atom is -0.352 e. The SMILES string of the molecule is Cc1cc(C(=O)CCC(=O)NCc2ccc(Cn3ccnc3)cc2)c(C)s1. The lowest BCUT2D eigenvalue weighted by Crippen LogP contribution is -2.23. The van der Waals surface area contributed by atoms with Crippen LogP contribution < -0.4 is 5.32 Å². The first-order valence-electron chi connectivity index (χ1n) is 8.92. The zero-order valence-corrected chi connectivity index (χ0v) is 16.4. The van der Waals surface area contributed by atoms with Crippen molar-refractivity contribution in [1.29, 1.82) is 0 Å². The van der Waals surface area contributed by atoms with Gasteiger partial charge in [0, 0.05) is 53.6 Å². The first kappa shape index (κ1) is 19.0. The lowest BCUT2D eigenvalue weighted by molar-refractivity contribution is -0.121. The van der Waals surface area contributed by atoms with Gasteiger partial charge in [-0.3, -0.25) is 9.59 Å². The lowest BCUT2D eigenvalue weighted by Gasteiger charge is -2.07. The number of thiophene rings is 1. The molecule has 27 heavy (non-hydrogen) atoms. The molecular formula is C21H23N3O2S. The molecule has 2 aromatic heterocycles. The van der Waals surface area contributed by atoms with Gasteiger partial charge in [-0.1, -0.05) is 24.3 Å². The van der Waals surface area contributed by atoms with Crippen molar-refractivity contribution in [3.8, 4) is 0 Å². The highest BCUT2D eigenvalue weighted by Crippen LogP contribution is 2.22. The Kier molecular flexibility index (Phi) is 6.19. The van der Waals surface area contributed by atoms with Crippen molar-refractivity contribution >= 4 is 23.0 Å². The Hall–Kier alpha value is -2.73. The zero-order chi connectivity index (χ0) is 19.2. The number of ketones is 1. The average Bonchev–Trinajstić information content (AvgIpc) is 3.28. The first-order chi connectivity index (χ1) is 13.0. The van der Waals surface area contributed by atoms with E-state index in [1.807, 2.05) is 54.9 Å². The van der Waals surface area contributed by atoms with E-state index in [4.69, 9.17) is 0 Å². The number of imidazole rings is 1. The Morgan fingerprint density at radius 3 is 2.48 bits per heavy atom. The van der Waals surface area contributed by atoms with Gasteiger partial charge in [0.05, 0.1) is 6.33 Å². The van der Waals surface area contributed by atoms with Gasteiger partial charge in [0.15, 0.2) is 5.78 Å². The van der Waals surface area contributed by atoms with Crippen molar-refractivity contribution < 1.29 is 9.59 Å². The molecule has 0 radical (unpaired) electrons. The number of amides is 1. The van der Waals surface area contributed by atoms with E-state index in [-0.39, 0.29) is 24.5 Å². The zero-order valence-electron chi connectivity index (χ0n) is 15.6. The summed E-state index contributed by atoms with van der Waals surface area (Å²) in [5.74, 6) is -0.0636. The van der Waals surface area contributed by atoms with Gasteiger partial charge in [-0.25, -0.2) is 4.98 Å². The largest absolute Gasteiger partial charge is 0.352 e. The number of nitrogens with zero attached hydrogens (tertiary/aromatic N) is 2. The standard InChI is InChI=1S/C21H23N3O2S/c1-15-11-19(16(2)27-15)20(25)7-8-21(26)23-12-17-3-5-18(6-4-17)13-24-10-9-22-14-24/h3-6,9-11,14H,7-8,12-13H2,1-2H3,(H,23,26). The summed E-state index contributed by atoms with van der Waals surface area (Å²) < 4.78 is 2.00. The molecule has 140 valence electrons. The van der Waals surface area contributed by atoms with E-state index >= 15 is 0 Å². The van der Waals surface area contributed by atoms with Crippen molar-refractivity contribution in [2.45, 2.75) is 39.8 Å². The second-order valence-corrected chi connectivity index (χ2v) is 8.04. The maximum Gasteiger partial charge on any atom is 0.220 e. The van der Waals surface area contributed by atoms with Crippen LogP contribution >= 0.6 is 11.3 Å². The summed E-state index contributed by atoms with van der Waals surface area (Å²) in [4.78, 5) is 30.5. The van der Waals surface area contributed by atoms with Crippen LogP contribution in [0.2, 0.25) is 0 Å². The Morgan fingerprint density at radius 2 is 1.85 bits per heavy atom. The monoisotopic (exact) mass is 381 g/mol. The van der Waals surface area contributed by atoms with Crippen LogP contribution in [0, 0.1) is 13.8 Å². The van der Waals surface area contributed by atoms with Crippen molar-refractivity contribution in [2.24, 2.45) is 0 Å². The second kappa shape index (κ2) is 8.77. The molecule has 1 aromatic carbocycles. The van der Waals surface area contributed by atoms with Gasteiger partial charge in [0.1, 0.15) is 0 Å². The van der Waals surface area contributed by atoms with Gasteiger partial charge < -0.3 is 9.88 Å². The quantitative estimate of drug-likeness (QED) is 0.602. The van der Waals surface area contributed by atoms with Gasteiger partial charge in [0.2, 0.25) is 5.91 Å². The highest BCUT2D eigenvalue weighted by Gasteiger charge is 2.13. The molecule has 0 aliphatic heterocycles. The Bertz CT molecular complexity index is 912. The Morgan fingerprint density at radius 1 is 1.11 bits per heavy atom. The van der Waals surface area contributed by atoms with E-state index in [0.717, 1.165) is 27.4 Å². The summed E-state index contributed by atoms with van der Waals surface area (Å²) in [6, 6.07) is 10.0. The summed E-state index contributed by atoms with van der Waals surface area (Å²) in [6.45, 7) is 5.18. The Balaban J connectivity index is 1.43. The normalized spacial score (nSPS) is 10.7. The summed E-state index contributed by atoms with van der Waals surface area (Å²) in [7, 11) is 0. The number of rotatable bonds is 8. The molecule has 5 nitrogen and oxygen atoms in total. The van der Waals surface area contributed by atoms with Gasteiger partial charge in [-0.05, 0) is 31.0 Å². The maximum absolute atomic E-state index is 12.2. The fraction of sp³-hybridized carbons (Fsp3) is 0.286. The summed E-state index contributed by atoms with van der Waals surface area (Å²) in [5, 5.41) is 2.89. The van der Waals surface area contributed by atoms with E-state index in [9.17, 15) is 9.59 Å². The van der Waals surface area contributed by atoms with Gasteiger partial charge >= 0.3 is 0 Å². The van der Waals surface area contributed by atoms with Crippen LogP contribution in [0.5, 0.6) is 0 Å². The van der Waals surface area contributed by atoms with Crippen molar-refractivity contribution in [2.75, 3.05) is 0 Å². The summed E-state index contributed by atoms with van der Waals surface area (Å²) in [6.07, 6.45) is 5.93. The third-order valence-corrected chi connectivity index (χ3v) is 5.32. The second-order valence-electron chi connectivity index (χ2n) is 6.58. The van der Waals surface area contributed by atoms with Gasteiger partial charge in [-0.2, -0.15) is 0 Å². The fourth-order valence-corrected chi connectivity index (χ4v) is 3.85. The van der Waals surface area contributed by atoms with E-state index in [1.54, 1.807) is 23.9 Å². The maximum atomic E-state index is 12.2. The molecule has 3 aromatic rings. The van der Waals surface area contributed by atoms with Crippen LogP contribution in [0.15, 0.2) is 49.1 Å². The number of hydrogen-bond acceptors (Lipinski definition) is 4. The van der Waals surface area contributed by atoms with E-state index in [1.165, 1.54) is 5.56 Å². The number of Topliss-reactive ketones (excluding diaryl/α,β-unsaturated/α-hetero) is 1. The summed E-state index contributed by atoms with van der Waals surface area (Å²) >= 11 is 1.61. The van der Waals surface area contributed by atoms with Crippen LogP contribution in [0.3, 0.4) is 0 Å². The van der Waals surface area contributed by atoms with Crippen molar-refractivity contribution in [3.05, 3.63) is 75.5 Å². The lowest BCUT2D eigenvalue weighted by atomic mass is 10.1. The third-order valence-electron chi connectivity index (χ3n) is 4.36. The van der Waals surface area contributed by atoms with Crippen LogP contribution in [0.4, 0.5) is 0 Å². The topological polar surface area (TPSA) is 64.0 Å². The Labute approximate surface area is 163 Å². The van der Waals surface area contributed by atoms with Crippen LogP contribution in [0.25, 0.3) is 0 Å². The van der Waals surface area contributed by atoms with Gasteiger partial charge in [-0.15, -0.1) is 11.3 Å². The molecule has 0 fully saturated rings. The van der Waals surface area contributed by atoms with Crippen LogP contribution in [0.1, 0.15) is 44.1 Å². The molecule has 2 heterocycles. The number of benzene rings is 1. The number of hydrogen-bond donors (Lipinski definition) is 1. The van der Waals surface area contributed by atoms with Crippen LogP contribution in [-0.4, -0.2) is 21.2 Å².